The Bertz CT molecular complexity index is 724. The molecule has 3 atom stereocenters. The van der Waals surface area contributed by atoms with Gasteiger partial charge in [0, 0.05) is 30.2 Å². The molecule has 0 radical (unpaired) electrons. The third kappa shape index (κ3) is 2.75. The maximum atomic E-state index is 10.9. The zero-order valence-electron chi connectivity index (χ0n) is 13.9. The highest BCUT2D eigenvalue weighted by atomic mass is 16.5. The van der Waals surface area contributed by atoms with Crippen molar-refractivity contribution in [2.24, 2.45) is 5.73 Å². The Kier molecular flexibility index (Phi) is 4.12. The van der Waals surface area contributed by atoms with Crippen LogP contribution < -0.4 is 10.5 Å². The fourth-order valence-electron chi connectivity index (χ4n) is 4.32. The Morgan fingerprint density at radius 1 is 1.33 bits per heavy atom. The minimum atomic E-state index is -0.590. The van der Waals surface area contributed by atoms with Crippen LogP contribution in [-0.2, 0) is 0 Å². The van der Waals surface area contributed by atoms with Crippen LogP contribution in [0.25, 0.3) is 11.0 Å². The van der Waals surface area contributed by atoms with E-state index in [2.05, 4.69) is 14.9 Å². The van der Waals surface area contributed by atoms with Gasteiger partial charge < -0.3 is 15.6 Å². The van der Waals surface area contributed by atoms with Crippen LogP contribution in [0.15, 0.2) is 24.4 Å². The summed E-state index contributed by atoms with van der Waals surface area (Å²) in [6, 6.07) is 7.07. The van der Waals surface area contributed by atoms with Gasteiger partial charge in [-0.2, -0.15) is 0 Å². The van der Waals surface area contributed by atoms with E-state index in [1.54, 1.807) is 13.3 Å². The number of aromatic nitrogens is 2. The van der Waals surface area contributed by atoms with Crippen LogP contribution in [0.2, 0.25) is 0 Å². The van der Waals surface area contributed by atoms with E-state index in [-0.39, 0.29) is 0 Å². The molecule has 6 nitrogen and oxygen atoms in total. The number of aliphatic hydroxyl groups excluding tert-OH is 1. The number of benzene rings is 1. The van der Waals surface area contributed by atoms with Gasteiger partial charge in [0.15, 0.2) is 0 Å². The monoisotopic (exact) mass is 328 g/mol. The summed E-state index contributed by atoms with van der Waals surface area (Å²) in [5.41, 5.74) is 8.45. The van der Waals surface area contributed by atoms with Gasteiger partial charge in [0.2, 0.25) is 5.88 Å². The maximum Gasteiger partial charge on any atom is 0.232 e. The first-order chi connectivity index (χ1) is 11.7. The van der Waals surface area contributed by atoms with Crippen molar-refractivity contribution in [1.29, 1.82) is 0 Å². The number of nitrogens with zero attached hydrogens (tertiary/aromatic N) is 3. The van der Waals surface area contributed by atoms with Crippen molar-refractivity contribution in [2.45, 2.75) is 49.9 Å². The van der Waals surface area contributed by atoms with Crippen LogP contribution in [0.5, 0.6) is 5.88 Å². The van der Waals surface area contributed by atoms with Crippen molar-refractivity contribution in [3.05, 3.63) is 30.0 Å². The molecule has 0 amide bonds. The van der Waals surface area contributed by atoms with Crippen molar-refractivity contribution in [3.63, 3.8) is 0 Å². The van der Waals surface area contributed by atoms with Gasteiger partial charge in [-0.15, -0.1) is 0 Å². The highest BCUT2D eigenvalue weighted by Gasteiger charge is 2.40. The predicted octanol–water partition coefficient (Wildman–Crippen LogP) is 1.63. The molecule has 0 spiro atoms. The highest BCUT2D eigenvalue weighted by molar-refractivity contribution is 5.78. The van der Waals surface area contributed by atoms with Gasteiger partial charge in [-0.05, 0) is 31.7 Å². The fourth-order valence-corrected chi connectivity index (χ4v) is 4.32. The van der Waals surface area contributed by atoms with Gasteiger partial charge in [-0.1, -0.05) is 12.1 Å². The molecule has 128 valence electrons. The summed E-state index contributed by atoms with van der Waals surface area (Å²) in [5, 5.41) is 10.9. The minimum Gasteiger partial charge on any atom is -0.480 e. The quantitative estimate of drug-likeness (QED) is 0.887. The Morgan fingerprint density at radius 3 is 2.79 bits per heavy atom. The SMILES string of the molecule is COc1cnc2cccc(C(O)CN3C4CCC3CC(N)C4)c2n1. The van der Waals surface area contributed by atoms with E-state index in [0.717, 1.165) is 23.9 Å². The minimum absolute atomic E-state index is 0.309. The van der Waals surface area contributed by atoms with Crippen LogP contribution in [-0.4, -0.2) is 51.8 Å². The van der Waals surface area contributed by atoms with Gasteiger partial charge in [-0.3, -0.25) is 4.90 Å². The molecule has 4 rings (SSSR count). The molecule has 3 heterocycles. The lowest BCUT2D eigenvalue weighted by Crippen LogP contribution is -2.48. The standard InChI is InChI=1S/C18H24N4O2/c1-24-17-9-20-15-4-2-3-14(18(15)21-17)16(23)10-22-12-5-6-13(22)8-11(19)7-12/h2-4,9,11-13,16,23H,5-8,10,19H2,1H3. The second-order valence-corrected chi connectivity index (χ2v) is 6.96. The average Bonchev–Trinajstić information content (AvgIpc) is 2.83. The number of hydrogen-bond donors (Lipinski definition) is 2. The summed E-state index contributed by atoms with van der Waals surface area (Å²) in [6.07, 6.45) is 5.46. The Labute approximate surface area is 141 Å². The summed E-state index contributed by atoms with van der Waals surface area (Å²) in [6.45, 7) is 0.625. The fraction of sp³-hybridized carbons (Fsp3) is 0.556. The first kappa shape index (κ1) is 15.7. The third-order valence-corrected chi connectivity index (χ3v) is 5.45. The number of hydrogen-bond acceptors (Lipinski definition) is 6. The largest absolute Gasteiger partial charge is 0.480 e. The number of ether oxygens (including phenoxy) is 1. The lowest BCUT2D eigenvalue weighted by molar-refractivity contribution is 0.0571. The molecule has 1 aromatic heterocycles. The second-order valence-electron chi connectivity index (χ2n) is 6.96. The molecule has 0 aliphatic carbocycles. The zero-order chi connectivity index (χ0) is 16.7. The molecule has 3 unspecified atom stereocenters. The van der Waals surface area contributed by atoms with E-state index in [9.17, 15) is 5.11 Å². The molecular formula is C18H24N4O2. The molecule has 2 aliphatic heterocycles. The normalized spacial score (nSPS) is 28.2. The van der Waals surface area contributed by atoms with Gasteiger partial charge in [-0.25, -0.2) is 9.97 Å². The second kappa shape index (κ2) is 6.27. The molecule has 0 saturated carbocycles. The predicted molar refractivity (Wildman–Crippen MR) is 91.8 cm³/mol. The third-order valence-electron chi connectivity index (χ3n) is 5.45. The number of piperidine rings is 1. The number of nitrogens with two attached hydrogens (primary N) is 1. The topological polar surface area (TPSA) is 84.5 Å². The van der Waals surface area contributed by atoms with Crippen molar-refractivity contribution >= 4 is 11.0 Å². The van der Waals surface area contributed by atoms with E-state index >= 15 is 0 Å². The van der Waals surface area contributed by atoms with Crippen LogP contribution in [0.3, 0.4) is 0 Å². The summed E-state index contributed by atoms with van der Waals surface area (Å²) in [5.74, 6) is 0.464. The molecule has 2 aromatic rings. The Hall–Kier alpha value is -1.76. The molecular weight excluding hydrogens is 304 g/mol. The van der Waals surface area contributed by atoms with Gasteiger partial charge >= 0.3 is 0 Å². The lowest BCUT2D eigenvalue weighted by Gasteiger charge is -2.38. The zero-order valence-corrected chi connectivity index (χ0v) is 13.9. The maximum absolute atomic E-state index is 10.9. The smallest absolute Gasteiger partial charge is 0.232 e. The summed E-state index contributed by atoms with van der Waals surface area (Å²) < 4.78 is 5.18. The number of fused-ring (bicyclic) bond motifs is 3. The Morgan fingerprint density at radius 2 is 2.08 bits per heavy atom. The van der Waals surface area contributed by atoms with Gasteiger partial charge in [0.1, 0.15) is 0 Å². The molecule has 3 N–H and O–H groups in total. The number of methoxy groups -OCH3 is 1. The van der Waals surface area contributed by atoms with Crippen molar-refractivity contribution in [3.8, 4) is 5.88 Å². The average molecular weight is 328 g/mol. The summed E-state index contributed by atoms with van der Waals surface area (Å²) >= 11 is 0. The number of rotatable bonds is 4. The van der Waals surface area contributed by atoms with Crippen molar-refractivity contribution in [2.75, 3.05) is 13.7 Å². The number of aliphatic hydroxyl groups is 1. The molecule has 2 fully saturated rings. The van der Waals surface area contributed by atoms with Gasteiger partial charge in [0.05, 0.1) is 30.4 Å². The first-order valence-corrected chi connectivity index (χ1v) is 8.64. The summed E-state index contributed by atoms with van der Waals surface area (Å²) in [4.78, 5) is 11.3. The lowest BCUT2D eigenvalue weighted by atomic mass is 9.96. The van der Waals surface area contributed by atoms with Crippen molar-refractivity contribution in [1.82, 2.24) is 14.9 Å². The molecule has 24 heavy (non-hydrogen) atoms. The number of para-hydroxylation sites is 1. The Balaban J connectivity index is 1.61. The molecule has 2 aliphatic rings. The molecule has 2 saturated heterocycles. The van der Waals surface area contributed by atoms with E-state index in [1.807, 2.05) is 18.2 Å². The van der Waals surface area contributed by atoms with Crippen molar-refractivity contribution < 1.29 is 9.84 Å². The van der Waals surface area contributed by atoms with Crippen LogP contribution in [0.4, 0.5) is 0 Å². The van der Waals surface area contributed by atoms with Crippen LogP contribution in [0, 0.1) is 0 Å². The summed E-state index contributed by atoms with van der Waals surface area (Å²) in [7, 11) is 1.57. The van der Waals surface area contributed by atoms with E-state index in [1.165, 1.54) is 12.8 Å². The van der Waals surface area contributed by atoms with E-state index < -0.39 is 6.10 Å². The molecule has 6 heteroatoms. The first-order valence-electron chi connectivity index (χ1n) is 8.64. The molecule has 2 bridgehead atoms. The van der Waals surface area contributed by atoms with E-state index in [0.29, 0.717) is 36.1 Å². The van der Waals surface area contributed by atoms with E-state index in [4.69, 9.17) is 10.5 Å². The van der Waals surface area contributed by atoms with Gasteiger partial charge in [0.25, 0.3) is 0 Å². The van der Waals surface area contributed by atoms with Crippen LogP contribution in [0.1, 0.15) is 37.4 Å². The molecule has 1 aromatic carbocycles. The highest BCUT2D eigenvalue weighted by Crippen LogP contribution is 2.36. The van der Waals surface area contributed by atoms with Crippen LogP contribution >= 0.6 is 0 Å².